The van der Waals surface area contributed by atoms with Gasteiger partial charge in [-0.05, 0) is 73.3 Å². The van der Waals surface area contributed by atoms with Crippen LogP contribution in [0.15, 0.2) is 18.2 Å². The maximum Gasteiger partial charge on any atom is 0.306 e. The number of benzene rings is 1. The zero-order valence-electron chi connectivity index (χ0n) is 22.2. The number of rotatable bonds is 7. The van der Waals surface area contributed by atoms with Crippen LogP contribution in [0.25, 0.3) is 10.4 Å². The topological polar surface area (TPSA) is 99.5 Å². The zero-order valence-corrected chi connectivity index (χ0v) is 23.0. The van der Waals surface area contributed by atoms with E-state index >= 15 is 0 Å². The summed E-state index contributed by atoms with van der Waals surface area (Å²) >= 11 is 1.41. The van der Waals surface area contributed by atoms with E-state index in [0.717, 1.165) is 33.7 Å². The molecule has 1 aromatic heterocycles. The molecule has 0 saturated heterocycles. The van der Waals surface area contributed by atoms with Crippen LogP contribution in [-0.4, -0.2) is 33.1 Å². The van der Waals surface area contributed by atoms with Crippen molar-refractivity contribution in [3.05, 3.63) is 40.0 Å². The first kappa shape index (κ1) is 26.8. The summed E-state index contributed by atoms with van der Waals surface area (Å²) in [5.74, 6) is -0.824. The number of aliphatic carboxylic acids is 1. The predicted octanol–water partition coefficient (Wildman–Crippen LogP) is 6.05. The predicted molar refractivity (Wildman–Crippen MR) is 143 cm³/mol. The molecule has 6 nitrogen and oxygen atoms in total. The van der Waals surface area contributed by atoms with E-state index in [2.05, 4.69) is 38.2 Å². The number of carboxylic acids is 1. The smallest absolute Gasteiger partial charge is 0.306 e. The molecule has 36 heavy (non-hydrogen) atoms. The molecule has 2 fully saturated rings. The van der Waals surface area contributed by atoms with Crippen molar-refractivity contribution in [2.24, 2.45) is 11.8 Å². The summed E-state index contributed by atoms with van der Waals surface area (Å²) in [5, 5.41) is 23.4. The summed E-state index contributed by atoms with van der Waals surface area (Å²) in [6, 6.07) is 6.18. The van der Waals surface area contributed by atoms with Crippen LogP contribution in [-0.2, 0) is 22.2 Å². The highest BCUT2D eigenvalue weighted by atomic mass is 32.1. The molecule has 0 bridgehead atoms. The van der Waals surface area contributed by atoms with Gasteiger partial charge in [0.1, 0.15) is 0 Å². The number of thiazole rings is 1. The van der Waals surface area contributed by atoms with Crippen molar-refractivity contribution in [2.45, 2.75) is 103 Å². The molecule has 2 saturated carbocycles. The van der Waals surface area contributed by atoms with E-state index in [1.54, 1.807) is 13.8 Å². The number of carbonyl (C=O) groups is 2. The molecule has 0 spiro atoms. The van der Waals surface area contributed by atoms with Gasteiger partial charge < -0.3 is 15.5 Å². The number of carboxylic acid groups (broad SMARTS) is 1. The second-order valence-corrected chi connectivity index (χ2v) is 13.3. The van der Waals surface area contributed by atoms with Gasteiger partial charge in [-0.1, -0.05) is 58.9 Å². The second-order valence-electron chi connectivity index (χ2n) is 12.3. The van der Waals surface area contributed by atoms with E-state index in [0.29, 0.717) is 23.8 Å². The molecule has 1 heterocycles. The number of hydrogen-bond donors (Lipinski definition) is 3. The molecule has 0 atom stereocenters. The van der Waals surface area contributed by atoms with Crippen LogP contribution in [0.2, 0.25) is 0 Å². The number of carbonyl (C=O) groups excluding carboxylic acids is 1. The Labute approximate surface area is 218 Å². The van der Waals surface area contributed by atoms with Crippen LogP contribution in [0.5, 0.6) is 0 Å². The number of amides is 1. The highest BCUT2D eigenvalue weighted by Gasteiger charge is 2.36. The van der Waals surface area contributed by atoms with E-state index < -0.39 is 11.6 Å². The van der Waals surface area contributed by atoms with Crippen molar-refractivity contribution < 1.29 is 19.8 Å². The van der Waals surface area contributed by atoms with Crippen LogP contribution in [0.1, 0.15) is 106 Å². The van der Waals surface area contributed by atoms with Crippen molar-refractivity contribution in [1.82, 2.24) is 10.3 Å². The molecule has 2 aliphatic rings. The average molecular weight is 513 g/mol. The third kappa shape index (κ3) is 6.17. The molecule has 3 N–H and O–H groups in total. The molecule has 2 aliphatic carbocycles. The number of nitrogens with zero attached hydrogens (tertiary/aromatic N) is 1. The fourth-order valence-electron chi connectivity index (χ4n) is 5.21. The Morgan fingerprint density at radius 2 is 1.67 bits per heavy atom. The van der Waals surface area contributed by atoms with Crippen molar-refractivity contribution in [1.29, 1.82) is 0 Å². The van der Waals surface area contributed by atoms with E-state index in [4.69, 9.17) is 10.1 Å². The molecule has 1 amide bonds. The number of aliphatic hydroxyl groups is 1. The minimum Gasteiger partial charge on any atom is -0.481 e. The summed E-state index contributed by atoms with van der Waals surface area (Å²) in [7, 11) is 0. The standard InChI is InChI=1S/C29H40N2O4S/c1-28(2,3)20-12-18(13-21(16-20)29(4,5)35)24-23(11-17-9-7-6-8-10-17)31-26(36-24)25(32)30-22-14-19(15-22)27(33)34/h12-13,16-17,19,22,35H,6-11,14-15H2,1-5H3,(H,30,32)(H,33,34). The Morgan fingerprint density at radius 3 is 2.25 bits per heavy atom. The van der Waals surface area contributed by atoms with Crippen LogP contribution >= 0.6 is 11.3 Å². The lowest BCUT2D eigenvalue weighted by Crippen LogP contribution is -2.46. The number of aromatic nitrogens is 1. The van der Waals surface area contributed by atoms with Crippen LogP contribution < -0.4 is 5.32 Å². The van der Waals surface area contributed by atoms with Crippen LogP contribution in [0.3, 0.4) is 0 Å². The average Bonchev–Trinajstić information content (AvgIpc) is 3.18. The van der Waals surface area contributed by atoms with Gasteiger partial charge in [0.15, 0.2) is 5.01 Å². The first-order chi connectivity index (χ1) is 16.8. The number of nitrogens with one attached hydrogen (secondary N) is 1. The van der Waals surface area contributed by atoms with Crippen LogP contribution in [0.4, 0.5) is 0 Å². The molecule has 4 rings (SSSR count). The molecular formula is C29H40N2O4S. The van der Waals surface area contributed by atoms with Gasteiger partial charge in [-0.3, -0.25) is 9.59 Å². The van der Waals surface area contributed by atoms with Crippen molar-refractivity contribution in [3.8, 4) is 10.4 Å². The molecular weight excluding hydrogens is 472 g/mol. The zero-order chi connectivity index (χ0) is 26.3. The second kappa shape index (κ2) is 10.3. The largest absolute Gasteiger partial charge is 0.481 e. The van der Waals surface area contributed by atoms with Gasteiger partial charge in [0.05, 0.1) is 22.1 Å². The van der Waals surface area contributed by atoms with Gasteiger partial charge in [-0.15, -0.1) is 11.3 Å². The molecule has 0 unspecified atom stereocenters. The molecule has 0 aliphatic heterocycles. The third-order valence-corrected chi connectivity index (χ3v) is 8.83. The van der Waals surface area contributed by atoms with Gasteiger partial charge in [0, 0.05) is 6.04 Å². The van der Waals surface area contributed by atoms with E-state index in [9.17, 15) is 14.7 Å². The summed E-state index contributed by atoms with van der Waals surface area (Å²) in [6.45, 7) is 10.1. The Kier molecular flexibility index (Phi) is 7.63. The van der Waals surface area contributed by atoms with E-state index in [1.165, 1.54) is 43.4 Å². The summed E-state index contributed by atoms with van der Waals surface area (Å²) in [4.78, 5) is 30.1. The lowest BCUT2D eigenvalue weighted by Gasteiger charge is -2.32. The lowest BCUT2D eigenvalue weighted by molar-refractivity contribution is -0.145. The Hall–Kier alpha value is -2.25. The maximum absolute atomic E-state index is 13.1. The van der Waals surface area contributed by atoms with Crippen molar-refractivity contribution in [2.75, 3.05) is 0 Å². The summed E-state index contributed by atoms with van der Waals surface area (Å²) < 4.78 is 0. The van der Waals surface area contributed by atoms with Crippen molar-refractivity contribution >= 4 is 23.2 Å². The molecule has 7 heteroatoms. The van der Waals surface area contributed by atoms with Gasteiger partial charge in [0.25, 0.3) is 5.91 Å². The van der Waals surface area contributed by atoms with Gasteiger partial charge in [0.2, 0.25) is 0 Å². The highest BCUT2D eigenvalue weighted by molar-refractivity contribution is 7.17. The van der Waals surface area contributed by atoms with Gasteiger partial charge >= 0.3 is 5.97 Å². The first-order valence-corrected chi connectivity index (χ1v) is 14.0. The van der Waals surface area contributed by atoms with Crippen LogP contribution in [0, 0.1) is 11.8 Å². The monoisotopic (exact) mass is 512 g/mol. The summed E-state index contributed by atoms with van der Waals surface area (Å²) in [5.41, 5.74) is 2.85. The van der Waals surface area contributed by atoms with E-state index in [1.807, 2.05) is 6.07 Å². The highest BCUT2D eigenvalue weighted by Crippen LogP contribution is 2.39. The summed E-state index contributed by atoms with van der Waals surface area (Å²) in [6.07, 6.45) is 7.94. The third-order valence-electron chi connectivity index (χ3n) is 7.69. The van der Waals surface area contributed by atoms with E-state index in [-0.39, 0.29) is 23.3 Å². The van der Waals surface area contributed by atoms with Crippen molar-refractivity contribution in [3.63, 3.8) is 0 Å². The first-order valence-electron chi connectivity index (χ1n) is 13.2. The Bertz CT molecular complexity index is 1080. The fourth-order valence-corrected chi connectivity index (χ4v) is 6.19. The quantitative estimate of drug-likeness (QED) is 0.419. The number of hydrogen-bond acceptors (Lipinski definition) is 5. The SMILES string of the molecule is CC(C)(C)c1cc(-c2sc(C(=O)NC3CC(C(=O)O)C3)nc2CC2CCCCC2)cc(C(C)(C)O)c1. The minimum absolute atomic E-state index is 0.102. The Morgan fingerprint density at radius 1 is 1.03 bits per heavy atom. The molecule has 0 radical (unpaired) electrons. The molecule has 196 valence electrons. The molecule has 1 aromatic carbocycles. The Balaban J connectivity index is 1.69. The lowest BCUT2D eigenvalue weighted by atomic mass is 9.80. The van der Waals surface area contributed by atoms with Gasteiger partial charge in [-0.25, -0.2) is 4.98 Å². The normalized spacial score (nSPS) is 21.2. The minimum atomic E-state index is -0.991. The van der Waals surface area contributed by atoms with Gasteiger partial charge in [-0.2, -0.15) is 0 Å². The molecule has 2 aromatic rings. The fraction of sp³-hybridized carbons (Fsp3) is 0.621. The maximum atomic E-state index is 13.1.